The first-order valence-electron chi connectivity index (χ1n) is 13.6. The predicted octanol–water partition coefficient (Wildman–Crippen LogP) is 7.73. The van der Waals surface area contributed by atoms with Crippen molar-refractivity contribution in [3.63, 3.8) is 0 Å². The summed E-state index contributed by atoms with van der Waals surface area (Å²) in [5, 5.41) is 0. The fraction of sp³-hybridized carbons (Fsp3) is 0.333. The molecule has 0 atom stereocenters. The second-order valence-corrected chi connectivity index (χ2v) is 12.5. The number of hydrogen-bond donors (Lipinski definition) is 0. The molecule has 4 aliphatic carbocycles. The summed E-state index contributed by atoms with van der Waals surface area (Å²) >= 11 is 1.64. The van der Waals surface area contributed by atoms with Crippen molar-refractivity contribution in [1.82, 2.24) is 4.57 Å². The Morgan fingerprint density at radius 1 is 0.730 bits per heavy atom. The SMILES string of the molecule is Cn1c(-c2ccc(-c3ccccc3)cc2)c(-c2ccccc2)sc1=NC(=O)C12CC3CC(CC(C3)C1)C2. The van der Waals surface area contributed by atoms with E-state index in [1.165, 1.54) is 30.4 Å². The lowest BCUT2D eigenvalue weighted by atomic mass is 9.49. The lowest BCUT2D eigenvalue weighted by molar-refractivity contribution is -0.142. The molecular weight excluding hydrogens is 472 g/mol. The monoisotopic (exact) mass is 504 g/mol. The van der Waals surface area contributed by atoms with Crippen LogP contribution in [0.2, 0.25) is 0 Å². The highest BCUT2D eigenvalue weighted by atomic mass is 32.1. The van der Waals surface area contributed by atoms with Crippen molar-refractivity contribution < 1.29 is 4.79 Å². The zero-order valence-corrected chi connectivity index (χ0v) is 22.1. The molecule has 3 aromatic carbocycles. The van der Waals surface area contributed by atoms with Crippen LogP contribution in [0.25, 0.3) is 32.8 Å². The molecule has 4 aliphatic rings. The van der Waals surface area contributed by atoms with E-state index in [1.54, 1.807) is 11.3 Å². The number of thiazole rings is 1. The number of carbonyl (C=O) groups is 1. The Labute approximate surface area is 222 Å². The highest BCUT2D eigenvalue weighted by molar-refractivity contribution is 7.13. The number of aromatic nitrogens is 1. The lowest BCUT2D eigenvalue weighted by Gasteiger charge is -2.55. The Morgan fingerprint density at radius 2 is 1.22 bits per heavy atom. The van der Waals surface area contributed by atoms with Crippen LogP contribution in [0.3, 0.4) is 0 Å². The quantitative estimate of drug-likeness (QED) is 0.280. The maximum Gasteiger partial charge on any atom is 0.254 e. The first-order chi connectivity index (χ1) is 18.1. The van der Waals surface area contributed by atoms with Gasteiger partial charge in [-0.3, -0.25) is 4.79 Å². The topological polar surface area (TPSA) is 34.4 Å². The average molecular weight is 505 g/mol. The number of carbonyl (C=O) groups excluding carboxylic acids is 1. The minimum absolute atomic E-state index is 0.133. The molecule has 0 unspecified atom stereocenters. The summed E-state index contributed by atoms with van der Waals surface area (Å²) in [5.74, 6) is 2.34. The van der Waals surface area contributed by atoms with Crippen molar-refractivity contribution in [2.75, 3.05) is 0 Å². The second-order valence-electron chi connectivity index (χ2n) is 11.5. The molecule has 37 heavy (non-hydrogen) atoms. The Bertz CT molecular complexity index is 1480. The van der Waals surface area contributed by atoms with Gasteiger partial charge in [-0.1, -0.05) is 96.3 Å². The fourth-order valence-electron chi connectivity index (χ4n) is 7.69. The van der Waals surface area contributed by atoms with Gasteiger partial charge in [-0.15, -0.1) is 0 Å². The maximum atomic E-state index is 13.8. The van der Waals surface area contributed by atoms with Crippen LogP contribution in [0.5, 0.6) is 0 Å². The lowest BCUT2D eigenvalue weighted by Crippen LogP contribution is -2.49. The van der Waals surface area contributed by atoms with E-state index in [0.29, 0.717) is 0 Å². The molecular formula is C33H32N2OS. The zero-order valence-electron chi connectivity index (χ0n) is 21.3. The summed E-state index contributed by atoms with van der Waals surface area (Å²) in [4.78, 5) is 20.7. The molecule has 1 amide bonds. The normalized spacial score (nSPS) is 26.5. The van der Waals surface area contributed by atoms with E-state index in [4.69, 9.17) is 4.99 Å². The molecule has 0 spiro atoms. The average Bonchev–Trinajstić information content (AvgIpc) is 3.24. The molecule has 4 fully saturated rings. The van der Waals surface area contributed by atoms with Crippen LogP contribution >= 0.6 is 11.3 Å². The second kappa shape index (κ2) is 8.95. The van der Waals surface area contributed by atoms with Gasteiger partial charge in [0, 0.05) is 7.05 Å². The Balaban J connectivity index is 1.31. The molecule has 4 heteroatoms. The highest BCUT2D eigenvalue weighted by Crippen LogP contribution is 2.60. The van der Waals surface area contributed by atoms with Gasteiger partial charge < -0.3 is 4.57 Å². The molecule has 0 N–H and O–H groups in total. The third-order valence-electron chi connectivity index (χ3n) is 9.02. The molecule has 0 aliphatic heterocycles. The van der Waals surface area contributed by atoms with Crippen LogP contribution in [0.15, 0.2) is 89.9 Å². The summed E-state index contributed by atoms with van der Waals surface area (Å²) in [7, 11) is 2.06. The van der Waals surface area contributed by atoms with Crippen LogP contribution in [-0.2, 0) is 11.8 Å². The van der Waals surface area contributed by atoms with Gasteiger partial charge in [-0.25, -0.2) is 0 Å². The van der Waals surface area contributed by atoms with Gasteiger partial charge in [0.2, 0.25) is 0 Å². The van der Waals surface area contributed by atoms with E-state index in [1.807, 2.05) is 12.1 Å². The van der Waals surface area contributed by atoms with Crippen molar-refractivity contribution >= 4 is 17.2 Å². The van der Waals surface area contributed by atoms with Crippen molar-refractivity contribution in [2.24, 2.45) is 35.2 Å². The van der Waals surface area contributed by atoms with Gasteiger partial charge in [0.1, 0.15) is 0 Å². The van der Waals surface area contributed by atoms with Gasteiger partial charge in [0.15, 0.2) is 4.80 Å². The summed E-state index contributed by atoms with van der Waals surface area (Å²) in [6.07, 6.45) is 7.16. The summed E-state index contributed by atoms with van der Waals surface area (Å²) in [6, 6.07) is 29.8. The van der Waals surface area contributed by atoms with E-state index in [9.17, 15) is 4.79 Å². The van der Waals surface area contributed by atoms with Gasteiger partial charge in [-0.05, 0) is 78.5 Å². The Morgan fingerprint density at radius 3 is 1.78 bits per heavy atom. The molecule has 4 saturated carbocycles. The van der Waals surface area contributed by atoms with Gasteiger partial charge in [0.25, 0.3) is 5.91 Å². The summed E-state index contributed by atoms with van der Waals surface area (Å²) < 4.78 is 2.14. The van der Waals surface area contributed by atoms with Crippen molar-refractivity contribution in [3.05, 3.63) is 89.7 Å². The van der Waals surface area contributed by atoms with Crippen LogP contribution in [-0.4, -0.2) is 10.5 Å². The van der Waals surface area contributed by atoms with Crippen molar-refractivity contribution in [2.45, 2.75) is 38.5 Å². The molecule has 3 nitrogen and oxygen atoms in total. The number of benzene rings is 3. The third kappa shape index (κ3) is 4.02. The van der Waals surface area contributed by atoms with Gasteiger partial charge >= 0.3 is 0 Å². The first kappa shape index (κ1) is 22.9. The van der Waals surface area contributed by atoms with E-state index in [-0.39, 0.29) is 11.3 Å². The van der Waals surface area contributed by atoms with Crippen LogP contribution in [0.1, 0.15) is 38.5 Å². The molecule has 1 aromatic heterocycles. The molecule has 8 rings (SSSR count). The van der Waals surface area contributed by atoms with E-state index >= 15 is 0 Å². The smallest absolute Gasteiger partial charge is 0.254 e. The van der Waals surface area contributed by atoms with E-state index in [2.05, 4.69) is 84.4 Å². The van der Waals surface area contributed by atoms with Gasteiger partial charge in [-0.2, -0.15) is 4.99 Å². The number of nitrogens with zero attached hydrogens (tertiary/aromatic N) is 2. The predicted molar refractivity (Wildman–Crippen MR) is 151 cm³/mol. The molecule has 1 heterocycles. The molecule has 4 aromatic rings. The minimum Gasteiger partial charge on any atom is -0.319 e. The zero-order chi connectivity index (χ0) is 25.0. The van der Waals surface area contributed by atoms with Gasteiger partial charge in [0.05, 0.1) is 16.0 Å². The molecule has 186 valence electrons. The standard InChI is InChI=1S/C33H32N2OS/c1-35-29(27-14-12-26(13-15-27)25-8-4-2-5-9-25)30(28-10-6-3-7-11-28)37-32(35)34-31(36)33-19-22-16-23(20-33)18-24(17-22)21-33/h2-15,22-24H,16-21H2,1H3. The number of amides is 1. The first-order valence-corrected chi connectivity index (χ1v) is 14.4. The maximum absolute atomic E-state index is 13.8. The summed E-state index contributed by atoms with van der Waals surface area (Å²) in [6.45, 7) is 0. The summed E-state index contributed by atoms with van der Waals surface area (Å²) in [5.41, 5.74) is 5.62. The van der Waals surface area contributed by atoms with Crippen LogP contribution in [0.4, 0.5) is 0 Å². The fourth-order valence-corrected chi connectivity index (χ4v) is 8.84. The minimum atomic E-state index is -0.212. The van der Waals surface area contributed by atoms with Crippen molar-refractivity contribution in [3.8, 4) is 32.8 Å². The molecule has 0 saturated heterocycles. The molecule has 4 bridgehead atoms. The van der Waals surface area contributed by atoms with Crippen molar-refractivity contribution in [1.29, 1.82) is 0 Å². The number of rotatable bonds is 4. The largest absolute Gasteiger partial charge is 0.319 e. The van der Waals surface area contributed by atoms with Crippen LogP contribution < -0.4 is 4.80 Å². The Hall–Kier alpha value is -3.24. The Kier molecular flexibility index (Phi) is 5.54. The van der Waals surface area contributed by atoms with Crippen LogP contribution in [0, 0.1) is 23.2 Å². The third-order valence-corrected chi connectivity index (χ3v) is 10.2. The number of hydrogen-bond acceptors (Lipinski definition) is 2. The van der Waals surface area contributed by atoms with E-state index < -0.39 is 0 Å². The highest BCUT2D eigenvalue weighted by Gasteiger charge is 2.54. The van der Waals surface area contributed by atoms with E-state index in [0.717, 1.165) is 63.5 Å². The molecule has 0 radical (unpaired) electrons.